The van der Waals surface area contributed by atoms with Crippen LogP contribution in [-0.4, -0.2) is 45.3 Å². The Morgan fingerprint density at radius 3 is 2.70 bits per heavy atom. The largest absolute Gasteiger partial charge is 0.332 e. The van der Waals surface area contributed by atoms with Gasteiger partial charge in [-0.05, 0) is 55.8 Å². The molecule has 0 saturated carbocycles. The molecule has 140 valence electrons. The smallest absolute Gasteiger partial charge is 0.254 e. The van der Waals surface area contributed by atoms with Crippen LogP contribution >= 0.6 is 15.9 Å². The quantitative estimate of drug-likeness (QED) is 0.674. The molecule has 0 saturated heterocycles. The Morgan fingerprint density at radius 2 is 2.00 bits per heavy atom. The Kier molecular flexibility index (Phi) is 5.55. The molecule has 0 unspecified atom stereocenters. The molecule has 0 aliphatic rings. The van der Waals surface area contributed by atoms with Crippen molar-refractivity contribution in [3.05, 3.63) is 52.0 Å². The monoisotopic (exact) mass is 429 g/mol. The van der Waals surface area contributed by atoms with Gasteiger partial charge in [-0.3, -0.25) is 9.59 Å². The highest BCUT2D eigenvalue weighted by molar-refractivity contribution is 9.10. The second kappa shape index (κ2) is 7.87. The van der Waals surface area contributed by atoms with Gasteiger partial charge in [-0.2, -0.15) is 0 Å². The molecule has 3 aromatic rings. The minimum Gasteiger partial charge on any atom is -0.332 e. The molecule has 2 aromatic carbocycles. The van der Waals surface area contributed by atoms with Crippen molar-refractivity contribution in [3.8, 4) is 0 Å². The number of rotatable bonds is 5. The average Bonchev–Trinajstić information content (AvgIpc) is 3.06. The molecule has 0 spiro atoms. The highest BCUT2D eigenvalue weighted by Crippen LogP contribution is 2.20. The summed E-state index contributed by atoms with van der Waals surface area (Å²) in [7, 11) is 1.60. The molecule has 0 atom stereocenters. The van der Waals surface area contributed by atoms with E-state index in [-0.39, 0.29) is 18.4 Å². The predicted molar refractivity (Wildman–Crippen MR) is 108 cm³/mol. The fourth-order valence-corrected chi connectivity index (χ4v) is 3.02. The first-order chi connectivity index (χ1) is 12.9. The molecule has 0 fully saturated rings. The zero-order chi connectivity index (χ0) is 19.6. The van der Waals surface area contributed by atoms with Gasteiger partial charge in [0, 0.05) is 29.3 Å². The van der Waals surface area contributed by atoms with Crippen LogP contribution in [-0.2, 0) is 11.3 Å². The Balaban J connectivity index is 1.67. The molecule has 0 aliphatic heterocycles. The van der Waals surface area contributed by atoms with E-state index in [0.29, 0.717) is 23.3 Å². The molecule has 1 N–H and O–H groups in total. The number of nitrogens with one attached hydrogen (secondary N) is 1. The van der Waals surface area contributed by atoms with Crippen LogP contribution in [0.2, 0.25) is 0 Å². The van der Waals surface area contributed by atoms with Gasteiger partial charge in [-0.25, -0.2) is 4.68 Å². The topological polar surface area (TPSA) is 80.1 Å². The number of hydrogen-bond acceptors (Lipinski definition) is 4. The van der Waals surface area contributed by atoms with Crippen molar-refractivity contribution in [2.45, 2.75) is 20.4 Å². The average molecular weight is 430 g/mol. The lowest BCUT2D eigenvalue weighted by atomic mass is 10.1. The first kappa shape index (κ1) is 19.0. The second-order valence-corrected chi connectivity index (χ2v) is 7.14. The fraction of sp³-hybridized carbons (Fsp3) is 0.263. The van der Waals surface area contributed by atoms with E-state index in [1.165, 1.54) is 4.90 Å². The maximum atomic E-state index is 12.6. The van der Waals surface area contributed by atoms with Crippen molar-refractivity contribution in [3.63, 3.8) is 0 Å². The number of fused-ring (bicyclic) bond motifs is 1. The lowest BCUT2D eigenvalue weighted by molar-refractivity contribution is -0.116. The van der Waals surface area contributed by atoms with Crippen LogP contribution in [0.1, 0.15) is 22.8 Å². The first-order valence-corrected chi connectivity index (χ1v) is 9.33. The van der Waals surface area contributed by atoms with Gasteiger partial charge in [-0.1, -0.05) is 21.1 Å². The summed E-state index contributed by atoms with van der Waals surface area (Å²) in [6.07, 6.45) is 0. The maximum absolute atomic E-state index is 12.6. The summed E-state index contributed by atoms with van der Waals surface area (Å²) in [5.41, 5.74) is 3.72. The number of aryl methyl sites for hydroxylation is 2. The van der Waals surface area contributed by atoms with Crippen LogP contribution < -0.4 is 5.32 Å². The lowest BCUT2D eigenvalue weighted by Gasteiger charge is -2.17. The summed E-state index contributed by atoms with van der Waals surface area (Å²) in [5.74, 6) is -0.504. The molecule has 3 rings (SSSR count). The van der Waals surface area contributed by atoms with Gasteiger partial charge in [0.05, 0.1) is 12.1 Å². The van der Waals surface area contributed by atoms with Crippen LogP contribution in [0.4, 0.5) is 5.69 Å². The molecule has 27 heavy (non-hydrogen) atoms. The van der Waals surface area contributed by atoms with E-state index in [9.17, 15) is 9.59 Å². The Bertz CT molecular complexity index is 1010. The van der Waals surface area contributed by atoms with Gasteiger partial charge in [0.15, 0.2) is 0 Å². The fourth-order valence-electron chi connectivity index (χ4n) is 2.77. The van der Waals surface area contributed by atoms with Crippen LogP contribution in [0.3, 0.4) is 0 Å². The van der Waals surface area contributed by atoms with E-state index in [0.717, 1.165) is 15.6 Å². The van der Waals surface area contributed by atoms with Crippen molar-refractivity contribution in [2.75, 3.05) is 18.9 Å². The highest BCUT2D eigenvalue weighted by atomic mass is 79.9. The van der Waals surface area contributed by atoms with E-state index in [1.807, 2.05) is 38.1 Å². The van der Waals surface area contributed by atoms with Gasteiger partial charge in [-0.15, -0.1) is 5.10 Å². The first-order valence-electron chi connectivity index (χ1n) is 8.53. The van der Waals surface area contributed by atoms with Crippen molar-refractivity contribution >= 4 is 44.5 Å². The SMILES string of the molecule is CCn1nnc2cc(C(=O)N(C)CC(=O)Nc3ccc(Br)c(C)c3)ccc21. The van der Waals surface area contributed by atoms with Crippen molar-refractivity contribution < 1.29 is 9.59 Å². The third-order valence-electron chi connectivity index (χ3n) is 4.23. The number of nitrogens with zero attached hydrogens (tertiary/aromatic N) is 4. The second-order valence-electron chi connectivity index (χ2n) is 6.28. The molecule has 1 aromatic heterocycles. The normalized spacial score (nSPS) is 10.8. The van der Waals surface area contributed by atoms with Crippen molar-refractivity contribution in [2.24, 2.45) is 0 Å². The number of halogens is 1. The van der Waals surface area contributed by atoms with Crippen LogP contribution in [0.5, 0.6) is 0 Å². The molecular formula is C19H20BrN5O2. The van der Waals surface area contributed by atoms with Crippen LogP contribution in [0.25, 0.3) is 11.0 Å². The number of carbonyl (C=O) groups excluding carboxylic acids is 2. The van der Waals surface area contributed by atoms with Gasteiger partial charge in [0.2, 0.25) is 5.91 Å². The molecule has 0 aliphatic carbocycles. The summed E-state index contributed by atoms with van der Waals surface area (Å²) in [5, 5.41) is 10.9. The Morgan fingerprint density at radius 1 is 1.22 bits per heavy atom. The van der Waals surface area contributed by atoms with E-state index in [2.05, 4.69) is 31.6 Å². The molecule has 1 heterocycles. The number of amides is 2. The van der Waals surface area contributed by atoms with E-state index in [1.54, 1.807) is 23.9 Å². The number of carbonyl (C=O) groups is 2. The Hall–Kier alpha value is -2.74. The summed E-state index contributed by atoms with van der Waals surface area (Å²) >= 11 is 3.43. The van der Waals surface area contributed by atoms with Crippen LogP contribution in [0, 0.1) is 6.92 Å². The Labute approximate surface area is 165 Å². The zero-order valence-electron chi connectivity index (χ0n) is 15.4. The molecule has 0 bridgehead atoms. The molecule has 8 heteroatoms. The van der Waals surface area contributed by atoms with Gasteiger partial charge in [0.25, 0.3) is 5.91 Å². The number of likely N-dealkylation sites (N-methyl/N-ethyl adjacent to an activating group) is 1. The minimum atomic E-state index is -0.259. The summed E-state index contributed by atoms with van der Waals surface area (Å²) in [6.45, 7) is 4.58. The summed E-state index contributed by atoms with van der Waals surface area (Å²) in [6, 6.07) is 10.8. The van der Waals surface area contributed by atoms with Gasteiger partial charge < -0.3 is 10.2 Å². The third kappa shape index (κ3) is 4.16. The van der Waals surface area contributed by atoms with Crippen molar-refractivity contribution in [1.29, 1.82) is 0 Å². The third-order valence-corrected chi connectivity index (χ3v) is 5.12. The maximum Gasteiger partial charge on any atom is 0.254 e. The standard InChI is InChI=1S/C19H20BrN5O2/c1-4-25-17-8-5-13(10-16(17)22-23-25)19(27)24(3)11-18(26)21-14-6-7-15(20)12(2)9-14/h5-10H,4,11H2,1-3H3,(H,21,26). The molecular weight excluding hydrogens is 410 g/mol. The van der Waals surface area contributed by atoms with E-state index in [4.69, 9.17) is 0 Å². The molecule has 2 amide bonds. The molecule has 7 nitrogen and oxygen atoms in total. The van der Waals surface area contributed by atoms with E-state index >= 15 is 0 Å². The van der Waals surface area contributed by atoms with Gasteiger partial charge in [0.1, 0.15) is 5.52 Å². The van der Waals surface area contributed by atoms with Crippen LogP contribution in [0.15, 0.2) is 40.9 Å². The number of hydrogen-bond donors (Lipinski definition) is 1. The number of benzene rings is 2. The molecule has 0 radical (unpaired) electrons. The zero-order valence-corrected chi connectivity index (χ0v) is 16.9. The lowest BCUT2D eigenvalue weighted by Crippen LogP contribution is -2.34. The van der Waals surface area contributed by atoms with E-state index < -0.39 is 0 Å². The number of aromatic nitrogens is 3. The predicted octanol–water partition coefficient (Wildman–Crippen LogP) is 3.23. The summed E-state index contributed by atoms with van der Waals surface area (Å²) in [4.78, 5) is 26.3. The number of anilines is 1. The highest BCUT2D eigenvalue weighted by Gasteiger charge is 2.17. The minimum absolute atomic E-state index is 0.0480. The van der Waals surface area contributed by atoms with Crippen molar-refractivity contribution in [1.82, 2.24) is 19.9 Å². The summed E-state index contributed by atoms with van der Waals surface area (Å²) < 4.78 is 2.74. The van der Waals surface area contributed by atoms with Gasteiger partial charge >= 0.3 is 0 Å².